The molecule has 0 bridgehead atoms. The highest BCUT2D eigenvalue weighted by Gasteiger charge is 2.25. The summed E-state index contributed by atoms with van der Waals surface area (Å²) in [6, 6.07) is 12.2. The number of carbonyl (C=O) groups excluding carboxylic acids is 1. The molecule has 0 fully saturated rings. The lowest BCUT2D eigenvalue weighted by Gasteiger charge is -2.21. The zero-order chi connectivity index (χ0) is 18.8. The van der Waals surface area contributed by atoms with Gasteiger partial charge in [0, 0.05) is 30.6 Å². The highest BCUT2D eigenvalue weighted by molar-refractivity contribution is 5.95. The molecule has 1 N–H and O–H groups in total. The highest BCUT2D eigenvalue weighted by atomic mass is 16.7. The van der Waals surface area contributed by atoms with Crippen LogP contribution in [0.4, 0.5) is 0 Å². The first-order chi connectivity index (χ1) is 13.2. The number of methoxy groups -OCH3 is 1. The number of hydrogen-bond donors (Lipinski definition) is 1. The maximum Gasteiger partial charge on any atom is 0.252 e. The molecular formula is C20H19N3O4. The van der Waals surface area contributed by atoms with E-state index in [4.69, 9.17) is 14.2 Å². The van der Waals surface area contributed by atoms with E-state index in [0.717, 1.165) is 5.56 Å². The van der Waals surface area contributed by atoms with Gasteiger partial charge in [0.2, 0.25) is 6.79 Å². The summed E-state index contributed by atoms with van der Waals surface area (Å²) in [5.41, 5.74) is 1.30. The lowest BCUT2D eigenvalue weighted by Crippen LogP contribution is -2.31. The second kappa shape index (κ2) is 7.03. The Kier molecular flexibility index (Phi) is 4.42. The second-order valence-electron chi connectivity index (χ2n) is 6.11. The van der Waals surface area contributed by atoms with Gasteiger partial charge in [0.05, 0.1) is 7.11 Å². The topological polar surface area (TPSA) is 74.6 Å². The van der Waals surface area contributed by atoms with Crippen molar-refractivity contribution < 1.29 is 19.0 Å². The predicted molar refractivity (Wildman–Crippen MR) is 98.1 cm³/mol. The fourth-order valence-corrected chi connectivity index (χ4v) is 3.09. The SMILES string of the molecule is COc1ccccc1[C@@H](NC(=O)c1ccc2c(c1)OCO2)c1nccn1C. The van der Waals surface area contributed by atoms with E-state index in [1.165, 1.54) is 0 Å². The molecule has 1 aromatic heterocycles. The largest absolute Gasteiger partial charge is 0.496 e. The lowest BCUT2D eigenvalue weighted by atomic mass is 10.0. The molecule has 27 heavy (non-hydrogen) atoms. The molecule has 4 rings (SSSR count). The third-order valence-corrected chi connectivity index (χ3v) is 4.48. The van der Waals surface area contributed by atoms with Gasteiger partial charge in [-0.05, 0) is 24.3 Å². The molecule has 2 aromatic carbocycles. The minimum Gasteiger partial charge on any atom is -0.496 e. The zero-order valence-corrected chi connectivity index (χ0v) is 15.0. The molecule has 0 radical (unpaired) electrons. The number of hydrogen-bond acceptors (Lipinski definition) is 5. The van der Waals surface area contributed by atoms with Crippen molar-refractivity contribution in [1.29, 1.82) is 0 Å². The molecular weight excluding hydrogens is 346 g/mol. The average Bonchev–Trinajstić information content (AvgIpc) is 3.34. The van der Waals surface area contributed by atoms with Crippen LogP contribution in [0.5, 0.6) is 17.2 Å². The van der Waals surface area contributed by atoms with Gasteiger partial charge in [0.25, 0.3) is 5.91 Å². The molecule has 1 atom stereocenters. The molecule has 1 aliphatic rings. The number of aromatic nitrogens is 2. The molecule has 0 saturated heterocycles. The number of nitrogens with zero attached hydrogens (tertiary/aromatic N) is 2. The molecule has 0 unspecified atom stereocenters. The average molecular weight is 365 g/mol. The van der Waals surface area contributed by atoms with Gasteiger partial charge in [0.1, 0.15) is 17.6 Å². The molecule has 1 amide bonds. The number of aryl methyl sites for hydroxylation is 1. The number of rotatable bonds is 5. The Morgan fingerprint density at radius 2 is 2.04 bits per heavy atom. The van der Waals surface area contributed by atoms with Crippen molar-refractivity contribution in [2.45, 2.75) is 6.04 Å². The second-order valence-corrected chi connectivity index (χ2v) is 6.11. The van der Waals surface area contributed by atoms with Gasteiger partial charge in [-0.3, -0.25) is 4.79 Å². The van der Waals surface area contributed by atoms with Crippen LogP contribution in [0, 0.1) is 0 Å². The van der Waals surface area contributed by atoms with Gasteiger partial charge < -0.3 is 24.1 Å². The van der Waals surface area contributed by atoms with Crippen molar-refractivity contribution in [3.8, 4) is 17.2 Å². The quantitative estimate of drug-likeness (QED) is 0.752. The molecule has 0 aliphatic carbocycles. The van der Waals surface area contributed by atoms with Crippen LogP contribution in [0.2, 0.25) is 0 Å². The van der Waals surface area contributed by atoms with Gasteiger partial charge >= 0.3 is 0 Å². The predicted octanol–water partition coefficient (Wildman–Crippen LogP) is 2.68. The maximum atomic E-state index is 12.9. The van der Waals surface area contributed by atoms with Crippen molar-refractivity contribution in [3.05, 3.63) is 71.8 Å². The Morgan fingerprint density at radius 1 is 1.22 bits per heavy atom. The Hall–Kier alpha value is -3.48. The summed E-state index contributed by atoms with van der Waals surface area (Å²) >= 11 is 0. The van der Waals surface area contributed by atoms with E-state index in [1.807, 2.05) is 42.1 Å². The van der Waals surface area contributed by atoms with Crippen LogP contribution >= 0.6 is 0 Å². The van der Waals surface area contributed by atoms with Gasteiger partial charge in [-0.25, -0.2) is 4.98 Å². The van der Waals surface area contributed by atoms with Crippen molar-refractivity contribution in [2.24, 2.45) is 7.05 Å². The molecule has 7 nitrogen and oxygen atoms in total. The number of benzene rings is 2. The third-order valence-electron chi connectivity index (χ3n) is 4.48. The Balaban J connectivity index is 1.69. The van der Waals surface area contributed by atoms with Crippen molar-refractivity contribution in [1.82, 2.24) is 14.9 Å². The van der Waals surface area contributed by atoms with Crippen LogP contribution in [-0.4, -0.2) is 29.4 Å². The van der Waals surface area contributed by atoms with E-state index in [1.54, 1.807) is 31.5 Å². The number of ether oxygens (including phenoxy) is 3. The van der Waals surface area contributed by atoms with Gasteiger partial charge in [-0.2, -0.15) is 0 Å². The van der Waals surface area contributed by atoms with E-state index in [-0.39, 0.29) is 12.7 Å². The highest BCUT2D eigenvalue weighted by Crippen LogP contribution is 2.33. The summed E-state index contributed by atoms with van der Waals surface area (Å²) in [6.07, 6.45) is 3.54. The summed E-state index contributed by atoms with van der Waals surface area (Å²) in [5, 5.41) is 3.06. The first-order valence-electron chi connectivity index (χ1n) is 8.48. The van der Waals surface area contributed by atoms with E-state index in [2.05, 4.69) is 10.3 Å². The lowest BCUT2D eigenvalue weighted by molar-refractivity contribution is 0.0940. The van der Waals surface area contributed by atoms with E-state index in [0.29, 0.717) is 28.6 Å². The molecule has 0 spiro atoms. The maximum absolute atomic E-state index is 12.9. The van der Waals surface area contributed by atoms with Crippen LogP contribution in [0.15, 0.2) is 54.9 Å². The first kappa shape index (κ1) is 17.0. The first-order valence-corrected chi connectivity index (χ1v) is 8.48. The van der Waals surface area contributed by atoms with Gasteiger partial charge in [-0.15, -0.1) is 0 Å². The van der Waals surface area contributed by atoms with Gasteiger partial charge in [-0.1, -0.05) is 18.2 Å². The van der Waals surface area contributed by atoms with Crippen molar-refractivity contribution in [2.75, 3.05) is 13.9 Å². The Morgan fingerprint density at radius 3 is 2.81 bits per heavy atom. The number of fused-ring (bicyclic) bond motifs is 1. The Bertz CT molecular complexity index is 983. The smallest absolute Gasteiger partial charge is 0.252 e. The van der Waals surface area contributed by atoms with Crippen LogP contribution in [0.1, 0.15) is 27.8 Å². The summed E-state index contributed by atoms with van der Waals surface area (Å²) in [5.74, 6) is 2.34. The van der Waals surface area contributed by atoms with E-state index in [9.17, 15) is 4.79 Å². The fourth-order valence-electron chi connectivity index (χ4n) is 3.09. The molecule has 138 valence electrons. The molecule has 1 aliphatic heterocycles. The summed E-state index contributed by atoms with van der Waals surface area (Å²) in [4.78, 5) is 17.4. The van der Waals surface area contributed by atoms with Crippen molar-refractivity contribution in [3.63, 3.8) is 0 Å². The van der Waals surface area contributed by atoms with E-state index >= 15 is 0 Å². The number of nitrogens with one attached hydrogen (secondary N) is 1. The normalized spacial score (nSPS) is 13.3. The minimum absolute atomic E-state index is 0.164. The van der Waals surface area contributed by atoms with Crippen LogP contribution in [0.25, 0.3) is 0 Å². The molecule has 0 saturated carbocycles. The summed E-state index contributed by atoms with van der Waals surface area (Å²) in [6.45, 7) is 0.164. The summed E-state index contributed by atoms with van der Waals surface area (Å²) in [7, 11) is 3.49. The standard InChI is InChI=1S/C20H19N3O4/c1-23-10-9-21-19(23)18(14-5-3-4-6-15(14)25-2)22-20(24)13-7-8-16-17(11-13)27-12-26-16/h3-11,18H,12H2,1-2H3,(H,22,24)/t18-/m1/s1. The van der Waals surface area contributed by atoms with Crippen LogP contribution < -0.4 is 19.5 Å². The monoisotopic (exact) mass is 365 g/mol. The Labute approximate surface area is 156 Å². The van der Waals surface area contributed by atoms with Crippen LogP contribution in [0.3, 0.4) is 0 Å². The van der Waals surface area contributed by atoms with E-state index < -0.39 is 6.04 Å². The number of imidazole rings is 1. The number of para-hydroxylation sites is 1. The number of carbonyl (C=O) groups is 1. The fraction of sp³-hybridized carbons (Fsp3) is 0.200. The molecule has 3 aromatic rings. The third kappa shape index (κ3) is 3.19. The van der Waals surface area contributed by atoms with Crippen molar-refractivity contribution >= 4 is 5.91 Å². The minimum atomic E-state index is -0.473. The number of amides is 1. The molecule has 7 heteroatoms. The van der Waals surface area contributed by atoms with Crippen LogP contribution in [-0.2, 0) is 7.05 Å². The molecule has 2 heterocycles. The summed E-state index contributed by atoms with van der Waals surface area (Å²) < 4.78 is 18.0. The van der Waals surface area contributed by atoms with Gasteiger partial charge in [0.15, 0.2) is 11.5 Å². The zero-order valence-electron chi connectivity index (χ0n) is 15.0.